The van der Waals surface area contributed by atoms with E-state index in [1.165, 1.54) is 28.4 Å². The Balaban J connectivity index is 2.19. The Bertz CT molecular complexity index is 774. The largest absolute Gasteiger partial charge is 0.478 e. The summed E-state index contributed by atoms with van der Waals surface area (Å²) in [6, 6.07) is 3.54. The molecule has 0 aromatic heterocycles. The predicted octanol–water partition coefficient (Wildman–Crippen LogP) is 0.906. The highest BCUT2D eigenvalue weighted by Crippen LogP contribution is 2.26. The maximum absolute atomic E-state index is 12.8. The molecule has 1 aliphatic rings. The van der Waals surface area contributed by atoms with Crippen LogP contribution in [0.25, 0.3) is 0 Å². The molecule has 2 rings (SSSR count). The molecule has 1 aromatic carbocycles. The molecule has 1 fully saturated rings. The number of hydrogen-bond acceptors (Lipinski definition) is 5. The van der Waals surface area contributed by atoms with Crippen molar-refractivity contribution in [3.05, 3.63) is 28.8 Å². The van der Waals surface area contributed by atoms with Crippen LogP contribution in [0.4, 0.5) is 0 Å². The zero-order chi connectivity index (χ0) is 18.8. The number of benzene rings is 1. The summed E-state index contributed by atoms with van der Waals surface area (Å²) in [6.07, 6.45) is -0.593. The molecule has 10 heteroatoms. The van der Waals surface area contributed by atoms with E-state index >= 15 is 0 Å². The van der Waals surface area contributed by atoms with Gasteiger partial charge in [-0.1, -0.05) is 11.6 Å². The summed E-state index contributed by atoms with van der Waals surface area (Å²) in [7, 11) is -2.52. The number of sulfonamides is 1. The van der Waals surface area contributed by atoms with Crippen LogP contribution in [-0.4, -0.2) is 74.0 Å². The fraction of sp³-hybridized carbons (Fsp3) is 0.467. The molecule has 1 aliphatic heterocycles. The molecule has 138 valence electrons. The van der Waals surface area contributed by atoms with E-state index < -0.39 is 22.1 Å². The van der Waals surface area contributed by atoms with Gasteiger partial charge < -0.3 is 14.7 Å². The topological polar surface area (TPSA) is 104 Å². The number of nitrogens with zero attached hydrogens (tertiary/aromatic N) is 2. The van der Waals surface area contributed by atoms with Crippen molar-refractivity contribution in [3.63, 3.8) is 0 Å². The van der Waals surface area contributed by atoms with Crippen LogP contribution in [0, 0.1) is 0 Å². The van der Waals surface area contributed by atoms with Gasteiger partial charge in [0.2, 0.25) is 10.0 Å². The van der Waals surface area contributed by atoms with E-state index in [0.717, 1.165) is 6.07 Å². The highest BCUT2D eigenvalue weighted by Gasteiger charge is 2.33. The lowest BCUT2D eigenvalue weighted by Gasteiger charge is -2.35. The third-order valence-corrected chi connectivity index (χ3v) is 6.43. The van der Waals surface area contributed by atoms with E-state index in [1.807, 2.05) is 0 Å². The van der Waals surface area contributed by atoms with Crippen molar-refractivity contribution in [2.24, 2.45) is 0 Å². The van der Waals surface area contributed by atoms with Gasteiger partial charge in [-0.05, 0) is 25.1 Å². The number of hydrogen-bond donors (Lipinski definition) is 1. The van der Waals surface area contributed by atoms with Crippen LogP contribution in [0.3, 0.4) is 0 Å². The van der Waals surface area contributed by atoms with E-state index in [2.05, 4.69) is 0 Å². The minimum absolute atomic E-state index is 0.0449. The Hall–Kier alpha value is -1.68. The van der Waals surface area contributed by atoms with Crippen LogP contribution in [0.2, 0.25) is 5.02 Å². The van der Waals surface area contributed by atoms with E-state index in [9.17, 15) is 18.0 Å². The number of rotatable bonds is 5. The first-order valence-corrected chi connectivity index (χ1v) is 9.35. The molecular weight excluding hydrogens is 372 g/mol. The van der Waals surface area contributed by atoms with E-state index in [0.29, 0.717) is 0 Å². The normalized spacial score (nSPS) is 17.3. The number of carboxylic acids is 1. The van der Waals surface area contributed by atoms with Crippen molar-refractivity contribution in [1.29, 1.82) is 0 Å². The molecule has 1 atom stereocenters. The lowest BCUT2D eigenvalue weighted by atomic mass is 10.2. The standard InChI is InChI=1S/C15H19ClN2O6S/c1-10(24-2)14(19)17-5-7-18(8-6-17)25(22,23)13-9-11(15(20)21)3-4-12(13)16/h3-4,9-10H,5-8H2,1-2H3,(H,20,21)/t10-/m0/s1. The van der Waals surface area contributed by atoms with Crippen molar-refractivity contribution in [1.82, 2.24) is 9.21 Å². The Morgan fingerprint density at radius 1 is 1.24 bits per heavy atom. The Labute approximate surface area is 151 Å². The number of piperazine rings is 1. The van der Waals surface area contributed by atoms with Crippen LogP contribution < -0.4 is 0 Å². The quantitative estimate of drug-likeness (QED) is 0.801. The molecule has 25 heavy (non-hydrogen) atoms. The van der Waals surface area contributed by atoms with Crippen molar-refractivity contribution in [2.45, 2.75) is 17.9 Å². The smallest absolute Gasteiger partial charge is 0.335 e. The summed E-state index contributed by atoms with van der Waals surface area (Å²) < 4.78 is 31.7. The van der Waals surface area contributed by atoms with Gasteiger partial charge in [0.1, 0.15) is 11.0 Å². The van der Waals surface area contributed by atoms with E-state index in [-0.39, 0.29) is 47.6 Å². The summed E-state index contributed by atoms with van der Waals surface area (Å²) in [5, 5.41) is 8.99. The second-order valence-electron chi connectivity index (χ2n) is 5.56. The van der Waals surface area contributed by atoms with Crippen molar-refractivity contribution in [3.8, 4) is 0 Å². The summed E-state index contributed by atoms with van der Waals surface area (Å²) in [4.78, 5) is 24.4. The van der Waals surface area contributed by atoms with Crippen molar-refractivity contribution < 1.29 is 27.9 Å². The maximum Gasteiger partial charge on any atom is 0.335 e. The van der Waals surface area contributed by atoms with Crippen LogP contribution in [-0.2, 0) is 19.6 Å². The fourth-order valence-electron chi connectivity index (χ4n) is 2.48. The molecule has 0 radical (unpaired) electrons. The van der Waals surface area contributed by atoms with Gasteiger partial charge in [0.25, 0.3) is 5.91 Å². The number of amides is 1. The van der Waals surface area contributed by atoms with E-state index in [4.69, 9.17) is 21.4 Å². The third kappa shape index (κ3) is 4.12. The van der Waals surface area contributed by atoms with Gasteiger partial charge in [0.15, 0.2) is 0 Å². The highest BCUT2D eigenvalue weighted by molar-refractivity contribution is 7.89. The lowest BCUT2D eigenvalue weighted by Crippen LogP contribution is -2.52. The predicted molar refractivity (Wildman–Crippen MR) is 90.2 cm³/mol. The molecule has 0 saturated carbocycles. The molecule has 0 spiro atoms. The molecule has 1 aromatic rings. The summed E-state index contributed by atoms with van der Waals surface area (Å²) in [6.45, 7) is 2.27. The van der Waals surface area contributed by atoms with Gasteiger partial charge in [-0.25, -0.2) is 13.2 Å². The fourth-order valence-corrected chi connectivity index (χ4v) is 4.40. The molecule has 1 saturated heterocycles. The molecule has 0 unspecified atom stereocenters. The number of carbonyl (C=O) groups is 2. The number of aromatic carboxylic acids is 1. The van der Waals surface area contributed by atoms with Crippen LogP contribution in [0.5, 0.6) is 0 Å². The second kappa shape index (κ2) is 7.69. The molecular formula is C15H19ClN2O6S. The first-order chi connectivity index (χ1) is 11.7. The molecule has 1 N–H and O–H groups in total. The first kappa shape index (κ1) is 19.6. The summed E-state index contributed by atoms with van der Waals surface area (Å²) >= 11 is 5.96. The van der Waals surface area contributed by atoms with Crippen molar-refractivity contribution >= 4 is 33.5 Å². The van der Waals surface area contributed by atoms with Crippen LogP contribution in [0.15, 0.2) is 23.1 Å². The zero-order valence-corrected chi connectivity index (χ0v) is 15.4. The Kier molecular flexibility index (Phi) is 6.04. The van der Waals surface area contributed by atoms with Gasteiger partial charge in [0, 0.05) is 33.3 Å². The first-order valence-electron chi connectivity index (χ1n) is 7.53. The van der Waals surface area contributed by atoms with Gasteiger partial charge in [0.05, 0.1) is 10.6 Å². The number of halogens is 1. The number of carbonyl (C=O) groups excluding carboxylic acids is 1. The average Bonchev–Trinajstić information content (AvgIpc) is 2.60. The minimum atomic E-state index is -3.95. The average molecular weight is 391 g/mol. The van der Waals surface area contributed by atoms with E-state index in [1.54, 1.807) is 6.92 Å². The van der Waals surface area contributed by atoms with Crippen molar-refractivity contribution in [2.75, 3.05) is 33.3 Å². The number of methoxy groups -OCH3 is 1. The van der Waals surface area contributed by atoms with Gasteiger partial charge in [-0.15, -0.1) is 0 Å². The van der Waals surface area contributed by atoms with Gasteiger partial charge in [-0.3, -0.25) is 4.79 Å². The van der Waals surface area contributed by atoms with Crippen LogP contribution >= 0.6 is 11.6 Å². The third-order valence-electron chi connectivity index (χ3n) is 4.05. The van der Waals surface area contributed by atoms with Gasteiger partial charge in [-0.2, -0.15) is 4.31 Å². The minimum Gasteiger partial charge on any atom is -0.478 e. The van der Waals surface area contributed by atoms with Gasteiger partial charge >= 0.3 is 5.97 Å². The Morgan fingerprint density at radius 2 is 1.84 bits per heavy atom. The number of carboxylic acid groups (broad SMARTS) is 1. The lowest BCUT2D eigenvalue weighted by molar-refractivity contribution is -0.142. The molecule has 1 heterocycles. The monoisotopic (exact) mass is 390 g/mol. The summed E-state index contributed by atoms with van der Waals surface area (Å²) in [5.74, 6) is -1.44. The van der Waals surface area contributed by atoms with Crippen LogP contribution in [0.1, 0.15) is 17.3 Å². The molecule has 8 nitrogen and oxygen atoms in total. The Morgan fingerprint density at radius 3 is 2.36 bits per heavy atom. The second-order valence-corrected chi connectivity index (χ2v) is 7.87. The number of ether oxygens (including phenoxy) is 1. The molecule has 0 bridgehead atoms. The summed E-state index contributed by atoms with van der Waals surface area (Å²) in [5.41, 5.74) is -0.161. The SMILES string of the molecule is CO[C@@H](C)C(=O)N1CCN(S(=O)(=O)c2cc(C(=O)O)ccc2Cl)CC1. The zero-order valence-electron chi connectivity index (χ0n) is 13.8. The maximum atomic E-state index is 12.8. The molecule has 1 amide bonds. The highest BCUT2D eigenvalue weighted by atomic mass is 35.5. The molecule has 0 aliphatic carbocycles.